The lowest BCUT2D eigenvalue weighted by Gasteiger charge is -2.03. The molecular weight excluding hydrogens is 330 g/mol. The van der Waals surface area contributed by atoms with Gasteiger partial charge in [-0.2, -0.15) is 0 Å². The lowest BCUT2D eigenvalue weighted by molar-refractivity contribution is -0.137. The second-order valence-electron chi connectivity index (χ2n) is 4.30. The van der Waals surface area contributed by atoms with Gasteiger partial charge in [0.25, 0.3) is 5.91 Å². The molecule has 0 unspecified atom stereocenters. The van der Waals surface area contributed by atoms with Crippen molar-refractivity contribution in [3.63, 3.8) is 0 Å². The molecule has 0 bridgehead atoms. The van der Waals surface area contributed by atoms with Crippen molar-refractivity contribution in [1.29, 1.82) is 0 Å². The Morgan fingerprint density at radius 3 is 2.53 bits per heavy atom. The lowest BCUT2D eigenvalue weighted by Crippen LogP contribution is -2.23. The van der Waals surface area contributed by atoms with Gasteiger partial charge >= 0.3 is 5.97 Å². The van der Waals surface area contributed by atoms with Crippen molar-refractivity contribution in [1.82, 2.24) is 5.32 Å². The molecule has 0 spiro atoms. The molecule has 2 N–H and O–H groups in total. The highest BCUT2D eigenvalue weighted by Crippen LogP contribution is 2.19. The van der Waals surface area contributed by atoms with E-state index < -0.39 is 5.97 Å². The summed E-state index contributed by atoms with van der Waals surface area (Å²) in [5.41, 5.74) is 0. The molecule has 0 radical (unpaired) electrons. The predicted octanol–water partition coefficient (Wildman–Crippen LogP) is 3.67. The number of carbonyl (C=O) groups is 2. The first-order valence-electron chi connectivity index (χ1n) is 6.33. The first-order valence-corrected chi connectivity index (χ1v) is 8.01. The summed E-state index contributed by atoms with van der Waals surface area (Å²) in [6, 6.07) is 1.81. The van der Waals surface area contributed by atoms with Crippen LogP contribution in [0.1, 0.15) is 48.2 Å². The highest BCUT2D eigenvalue weighted by Gasteiger charge is 2.06. The molecule has 0 atom stereocenters. The number of carboxylic acids is 1. The third kappa shape index (κ3) is 7.32. The fraction of sp³-hybridized carbons (Fsp3) is 0.538. The van der Waals surface area contributed by atoms with Gasteiger partial charge in [0.15, 0.2) is 0 Å². The van der Waals surface area contributed by atoms with E-state index in [-0.39, 0.29) is 12.3 Å². The molecule has 1 aromatic heterocycles. The van der Waals surface area contributed by atoms with Crippen LogP contribution in [0.4, 0.5) is 0 Å². The highest BCUT2D eigenvalue weighted by atomic mass is 79.9. The van der Waals surface area contributed by atoms with Gasteiger partial charge in [-0.15, -0.1) is 11.3 Å². The monoisotopic (exact) mass is 347 g/mol. The van der Waals surface area contributed by atoms with Gasteiger partial charge in [0, 0.05) is 22.8 Å². The molecule has 0 saturated heterocycles. The minimum Gasteiger partial charge on any atom is -0.481 e. The van der Waals surface area contributed by atoms with Crippen molar-refractivity contribution in [3.05, 3.63) is 20.8 Å². The van der Waals surface area contributed by atoms with Gasteiger partial charge in [-0.1, -0.05) is 19.3 Å². The fourth-order valence-corrected chi connectivity index (χ4v) is 3.00. The van der Waals surface area contributed by atoms with E-state index in [0.29, 0.717) is 11.4 Å². The zero-order valence-corrected chi connectivity index (χ0v) is 13.1. The third-order valence-corrected chi connectivity index (χ3v) is 4.33. The maximum absolute atomic E-state index is 11.7. The first kappa shape index (κ1) is 16.2. The molecule has 0 fully saturated rings. The molecule has 106 valence electrons. The summed E-state index contributed by atoms with van der Waals surface area (Å²) in [5, 5.41) is 13.2. The van der Waals surface area contributed by atoms with Crippen molar-refractivity contribution in [2.75, 3.05) is 6.54 Å². The molecule has 0 aliphatic heterocycles. The number of hydrogen-bond donors (Lipinski definition) is 2. The summed E-state index contributed by atoms with van der Waals surface area (Å²) in [4.78, 5) is 22.7. The Morgan fingerprint density at radius 2 is 1.89 bits per heavy atom. The second-order valence-corrected chi connectivity index (χ2v) is 6.12. The molecule has 4 nitrogen and oxygen atoms in total. The van der Waals surface area contributed by atoms with Crippen LogP contribution < -0.4 is 5.32 Å². The zero-order chi connectivity index (χ0) is 14.1. The average molecular weight is 348 g/mol. The molecular formula is C13H18BrNO3S. The summed E-state index contributed by atoms with van der Waals surface area (Å²) in [6.07, 6.45) is 4.92. The van der Waals surface area contributed by atoms with E-state index in [9.17, 15) is 9.59 Å². The molecule has 1 heterocycles. The van der Waals surface area contributed by atoms with E-state index in [0.717, 1.165) is 36.6 Å². The van der Waals surface area contributed by atoms with E-state index in [1.807, 2.05) is 11.4 Å². The molecule has 0 aromatic carbocycles. The largest absolute Gasteiger partial charge is 0.481 e. The van der Waals surface area contributed by atoms with Gasteiger partial charge in [0.05, 0.1) is 4.88 Å². The first-order chi connectivity index (χ1) is 9.09. The topological polar surface area (TPSA) is 66.4 Å². The van der Waals surface area contributed by atoms with Crippen molar-refractivity contribution in [2.24, 2.45) is 0 Å². The molecule has 0 aliphatic carbocycles. The summed E-state index contributed by atoms with van der Waals surface area (Å²) in [7, 11) is 0. The van der Waals surface area contributed by atoms with Crippen LogP contribution in [0.3, 0.4) is 0 Å². The van der Waals surface area contributed by atoms with Gasteiger partial charge in [-0.05, 0) is 34.8 Å². The van der Waals surface area contributed by atoms with Crippen LogP contribution in [0, 0.1) is 0 Å². The van der Waals surface area contributed by atoms with Gasteiger partial charge < -0.3 is 10.4 Å². The molecule has 0 saturated carbocycles. The van der Waals surface area contributed by atoms with Crippen LogP contribution in [-0.4, -0.2) is 23.5 Å². The summed E-state index contributed by atoms with van der Waals surface area (Å²) in [5.74, 6) is -0.754. The van der Waals surface area contributed by atoms with E-state index in [4.69, 9.17) is 5.11 Å². The maximum atomic E-state index is 11.7. The number of hydrogen-bond acceptors (Lipinski definition) is 3. The number of carboxylic acid groups (broad SMARTS) is 1. The Bertz CT molecular complexity index is 420. The Kier molecular flexibility index (Phi) is 7.74. The van der Waals surface area contributed by atoms with Crippen LogP contribution in [0.15, 0.2) is 15.9 Å². The minimum absolute atomic E-state index is 0.0263. The molecule has 6 heteroatoms. The van der Waals surface area contributed by atoms with E-state index in [1.165, 1.54) is 11.3 Å². The Labute approximate surface area is 125 Å². The number of amides is 1. The minimum atomic E-state index is -0.727. The molecule has 19 heavy (non-hydrogen) atoms. The van der Waals surface area contributed by atoms with E-state index >= 15 is 0 Å². The van der Waals surface area contributed by atoms with Crippen LogP contribution >= 0.6 is 27.3 Å². The second kappa shape index (κ2) is 9.09. The smallest absolute Gasteiger partial charge is 0.303 e. The number of thiophene rings is 1. The average Bonchev–Trinajstić information content (AvgIpc) is 2.78. The summed E-state index contributed by atoms with van der Waals surface area (Å²) < 4.78 is 0.932. The quantitative estimate of drug-likeness (QED) is 0.669. The Morgan fingerprint density at radius 1 is 1.21 bits per heavy atom. The van der Waals surface area contributed by atoms with Crippen LogP contribution in [0.25, 0.3) is 0 Å². The van der Waals surface area contributed by atoms with Gasteiger partial charge in [-0.25, -0.2) is 0 Å². The van der Waals surface area contributed by atoms with Crippen LogP contribution in [0.5, 0.6) is 0 Å². The number of unbranched alkanes of at least 4 members (excludes halogenated alkanes) is 4. The SMILES string of the molecule is O=C(O)CCCCCCCNC(=O)c1cc(Br)cs1. The number of aliphatic carboxylic acids is 1. The maximum Gasteiger partial charge on any atom is 0.303 e. The Hall–Kier alpha value is -0.880. The van der Waals surface area contributed by atoms with Crippen molar-refractivity contribution in [3.8, 4) is 0 Å². The van der Waals surface area contributed by atoms with Crippen LogP contribution in [0.2, 0.25) is 0 Å². The molecule has 1 aromatic rings. The number of halogens is 1. The number of rotatable bonds is 9. The summed E-state index contributed by atoms with van der Waals surface area (Å²) in [6.45, 7) is 0.674. The predicted molar refractivity (Wildman–Crippen MR) is 79.7 cm³/mol. The van der Waals surface area contributed by atoms with Crippen LogP contribution in [-0.2, 0) is 4.79 Å². The number of carbonyl (C=O) groups excluding carboxylic acids is 1. The van der Waals surface area contributed by atoms with Gasteiger partial charge in [0.1, 0.15) is 0 Å². The molecule has 0 aliphatic rings. The molecule has 1 amide bonds. The van der Waals surface area contributed by atoms with Crippen molar-refractivity contribution >= 4 is 39.1 Å². The van der Waals surface area contributed by atoms with Crippen molar-refractivity contribution in [2.45, 2.75) is 38.5 Å². The zero-order valence-electron chi connectivity index (χ0n) is 10.7. The third-order valence-electron chi connectivity index (χ3n) is 2.64. The summed E-state index contributed by atoms with van der Waals surface area (Å²) >= 11 is 4.74. The normalized spacial score (nSPS) is 10.4. The number of nitrogens with one attached hydrogen (secondary N) is 1. The van der Waals surface area contributed by atoms with E-state index in [1.54, 1.807) is 0 Å². The lowest BCUT2D eigenvalue weighted by atomic mass is 10.1. The van der Waals surface area contributed by atoms with E-state index in [2.05, 4.69) is 21.2 Å². The fourth-order valence-electron chi connectivity index (χ4n) is 1.65. The molecule has 1 rings (SSSR count). The standard InChI is InChI=1S/C13H18BrNO3S/c14-10-8-11(19-9-10)13(18)15-7-5-3-1-2-4-6-12(16)17/h8-9H,1-7H2,(H,15,18)(H,16,17). The highest BCUT2D eigenvalue weighted by molar-refractivity contribution is 9.10. The van der Waals surface area contributed by atoms with Crippen molar-refractivity contribution < 1.29 is 14.7 Å². The Balaban J connectivity index is 1.99. The van der Waals surface area contributed by atoms with Gasteiger partial charge in [0.2, 0.25) is 0 Å². The van der Waals surface area contributed by atoms with Gasteiger partial charge in [-0.3, -0.25) is 9.59 Å².